The third-order valence-electron chi connectivity index (χ3n) is 6.50. The molecule has 33 heavy (non-hydrogen) atoms. The molecule has 1 aromatic carbocycles. The monoisotopic (exact) mass is 476 g/mol. The van der Waals surface area contributed by atoms with Crippen LogP contribution in [0.15, 0.2) is 42.7 Å². The van der Waals surface area contributed by atoms with Gasteiger partial charge in [-0.05, 0) is 30.9 Å². The van der Waals surface area contributed by atoms with Crippen LogP contribution in [0.4, 0.5) is 19.0 Å². The summed E-state index contributed by atoms with van der Waals surface area (Å²) >= 11 is 1.11. The summed E-state index contributed by atoms with van der Waals surface area (Å²) in [4.78, 5) is 14.4. The van der Waals surface area contributed by atoms with E-state index < -0.39 is 12.6 Å². The summed E-state index contributed by atoms with van der Waals surface area (Å²) in [7, 11) is 0. The Kier molecular flexibility index (Phi) is 6.53. The zero-order valence-electron chi connectivity index (χ0n) is 18.3. The lowest BCUT2D eigenvalue weighted by atomic mass is 10.0. The van der Waals surface area contributed by atoms with Crippen LogP contribution in [0, 0.1) is 0 Å². The van der Waals surface area contributed by atoms with Crippen LogP contribution >= 0.6 is 11.3 Å². The molecule has 0 aliphatic carbocycles. The second-order valence-electron chi connectivity index (χ2n) is 8.84. The number of anilines is 1. The Morgan fingerprint density at radius 1 is 1.06 bits per heavy atom. The molecule has 1 unspecified atom stereocenters. The number of benzene rings is 1. The maximum atomic E-state index is 12.9. The maximum Gasteiger partial charge on any atom is 0.393 e. The zero-order chi connectivity index (χ0) is 22.8. The quantitative estimate of drug-likeness (QED) is 0.498. The van der Waals surface area contributed by atoms with Crippen molar-refractivity contribution >= 4 is 27.4 Å². The number of hydrogen-bond donors (Lipinski definition) is 0. The Bertz CT molecular complexity index is 1070. The highest BCUT2D eigenvalue weighted by Gasteiger charge is 2.33. The number of fused-ring (bicyclic) bond motifs is 1. The molecule has 0 N–H and O–H groups in total. The van der Waals surface area contributed by atoms with Gasteiger partial charge in [0.15, 0.2) is 0 Å². The molecule has 1 atom stereocenters. The van der Waals surface area contributed by atoms with Gasteiger partial charge in [0, 0.05) is 30.6 Å². The van der Waals surface area contributed by atoms with Gasteiger partial charge in [0.25, 0.3) is 0 Å². The molecule has 3 aromatic rings. The number of aromatic nitrogens is 2. The standard InChI is InChI=1S/C24H27F3N4OS/c25-24(26,27)12-20-11-21-22(28-16-29-23(21)33-20)30-9-4-7-18(8-10-30)31(19-14-32-15-19)13-17-5-2-1-3-6-17/h1-3,5-6,11,16,18-19H,4,7-10,12-15H2. The Labute approximate surface area is 195 Å². The molecule has 2 fully saturated rings. The smallest absolute Gasteiger partial charge is 0.378 e. The van der Waals surface area contributed by atoms with Crippen LogP contribution in [0.3, 0.4) is 0 Å². The number of halogens is 3. The van der Waals surface area contributed by atoms with E-state index in [4.69, 9.17) is 4.74 Å². The van der Waals surface area contributed by atoms with Crippen LogP contribution in [-0.2, 0) is 17.7 Å². The normalized spacial score (nSPS) is 20.2. The predicted molar refractivity (Wildman–Crippen MR) is 124 cm³/mol. The topological polar surface area (TPSA) is 41.5 Å². The van der Waals surface area contributed by atoms with Gasteiger partial charge < -0.3 is 9.64 Å². The van der Waals surface area contributed by atoms with E-state index in [0.29, 0.717) is 16.9 Å². The van der Waals surface area contributed by atoms with Crippen molar-refractivity contribution in [1.82, 2.24) is 14.9 Å². The molecule has 0 radical (unpaired) electrons. The summed E-state index contributed by atoms with van der Waals surface area (Å²) < 4.78 is 44.2. The molecule has 176 valence electrons. The van der Waals surface area contributed by atoms with E-state index in [1.54, 1.807) is 6.07 Å². The number of alkyl halides is 3. The van der Waals surface area contributed by atoms with Crippen molar-refractivity contribution in [2.24, 2.45) is 0 Å². The van der Waals surface area contributed by atoms with Crippen molar-refractivity contribution in [1.29, 1.82) is 0 Å². The lowest BCUT2D eigenvalue weighted by Crippen LogP contribution is -2.53. The summed E-state index contributed by atoms with van der Waals surface area (Å²) in [6.07, 6.45) is -0.605. The molecule has 2 saturated heterocycles. The molecular formula is C24H27F3N4OS. The van der Waals surface area contributed by atoms with E-state index in [-0.39, 0.29) is 4.88 Å². The first-order valence-electron chi connectivity index (χ1n) is 11.4. The zero-order valence-corrected chi connectivity index (χ0v) is 19.1. The molecule has 0 spiro atoms. The number of thiophene rings is 1. The van der Waals surface area contributed by atoms with Gasteiger partial charge >= 0.3 is 6.18 Å². The second-order valence-corrected chi connectivity index (χ2v) is 9.96. The average molecular weight is 477 g/mol. The summed E-state index contributed by atoms with van der Waals surface area (Å²) in [5.74, 6) is 0.756. The minimum absolute atomic E-state index is 0.283. The van der Waals surface area contributed by atoms with Crippen molar-refractivity contribution in [3.05, 3.63) is 53.2 Å². The predicted octanol–water partition coefficient (Wildman–Crippen LogP) is 5.06. The van der Waals surface area contributed by atoms with Crippen LogP contribution < -0.4 is 4.90 Å². The minimum atomic E-state index is -4.22. The first-order chi connectivity index (χ1) is 16.0. The maximum absolute atomic E-state index is 12.9. The number of hydrogen-bond acceptors (Lipinski definition) is 6. The number of nitrogens with zero attached hydrogens (tertiary/aromatic N) is 4. The minimum Gasteiger partial charge on any atom is -0.378 e. The molecule has 2 aliphatic rings. The number of ether oxygens (including phenoxy) is 1. The van der Waals surface area contributed by atoms with Gasteiger partial charge in [0.05, 0.1) is 31.1 Å². The third-order valence-corrected chi connectivity index (χ3v) is 7.54. The van der Waals surface area contributed by atoms with Crippen molar-refractivity contribution in [2.45, 2.75) is 50.5 Å². The van der Waals surface area contributed by atoms with E-state index in [0.717, 1.165) is 74.7 Å². The highest BCUT2D eigenvalue weighted by Crippen LogP contribution is 2.35. The summed E-state index contributed by atoms with van der Waals surface area (Å²) in [6, 6.07) is 13.0. The van der Waals surface area contributed by atoms with Crippen molar-refractivity contribution in [3.63, 3.8) is 0 Å². The molecule has 5 rings (SSSR count). The summed E-state index contributed by atoms with van der Waals surface area (Å²) in [5, 5.41) is 0.730. The lowest BCUT2D eigenvalue weighted by molar-refractivity contribution is -0.126. The summed E-state index contributed by atoms with van der Waals surface area (Å²) in [5.41, 5.74) is 1.30. The largest absolute Gasteiger partial charge is 0.393 e. The van der Waals surface area contributed by atoms with Gasteiger partial charge in [-0.15, -0.1) is 11.3 Å². The van der Waals surface area contributed by atoms with Crippen molar-refractivity contribution < 1.29 is 17.9 Å². The molecule has 5 nitrogen and oxygen atoms in total. The van der Waals surface area contributed by atoms with E-state index in [2.05, 4.69) is 44.0 Å². The summed E-state index contributed by atoms with van der Waals surface area (Å²) in [6.45, 7) is 4.11. The van der Waals surface area contributed by atoms with Crippen LogP contribution in [0.5, 0.6) is 0 Å². The fourth-order valence-corrected chi connectivity index (χ4v) is 5.84. The molecule has 2 aromatic heterocycles. The fourth-order valence-electron chi connectivity index (χ4n) is 4.82. The van der Waals surface area contributed by atoms with Gasteiger partial charge in [0.1, 0.15) is 17.0 Å². The van der Waals surface area contributed by atoms with Crippen LogP contribution in [-0.4, -0.2) is 59.4 Å². The Balaban J connectivity index is 1.33. The fraction of sp³-hybridized carbons (Fsp3) is 0.500. The highest BCUT2D eigenvalue weighted by atomic mass is 32.1. The Morgan fingerprint density at radius 2 is 1.88 bits per heavy atom. The van der Waals surface area contributed by atoms with E-state index in [1.165, 1.54) is 11.9 Å². The van der Waals surface area contributed by atoms with Crippen LogP contribution in [0.25, 0.3) is 10.2 Å². The highest BCUT2D eigenvalue weighted by molar-refractivity contribution is 7.18. The number of rotatable bonds is 6. The second kappa shape index (κ2) is 9.56. The first-order valence-corrected chi connectivity index (χ1v) is 12.2. The molecule has 0 bridgehead atoms. The molecule has 0 saturated carbocycles. The molecule has 0 amide bonds. The molecular weight excluding hydrogens is 449 g/mol. The molecule has 2 aliphatic heterocycles. The van der Waals surface area contributed by atoms with Gasteiger partial charge in [-0.1, -0.05) is 30.3 Å². The first kappa shape index (κ1) is 22.6. The van der Waals surface area contributed by atoms with Gasteiger partial charge in [-0.25, -0.2) is 9.97 Å². The third kappa shape index (κ3) is 5.31. The molecule has 4 heterocycles. The van der Waals surface area contributed by atoms with Gasteiger partial charge in [-0.2, -0.15) is 13.2 Å². The van der Waals surface area contributed by atoms with Crippen LogP contribution in [0.2, 0.25) is 0 Å². The average Bonchev–Trinajstić information content (AvgIpc) is 2.98. The van der Waals surface area contributed by atoms with Crippen molar-refractivity contribution in [2.75, 3.05) is 31.2 Å². The van der Waals surface area contributed by atoms with Crippen molar-refractivity contribution in [3.8, 4) is 0 Å². The van der Waals surface area contributed by atoms with Crippen LogP contribution in [0.1, 0.15) is 29.7 Å². The van der Waals surface area contributed by atoms with E-state index in [1.807, 2.05) is 6.07 Å². The lowest BCUT2D eigenvalue weighted by Gasteiger charge is -2.42. The van der Waals surface area contributed by atoms with E-state index >= 15 is 0 Å². The van der Waals surface area contributed by atoms with Gasteiger partial charge in [-0.3, -0.25) is 4.90 Å². The van der Waals surface area contributed by atoms with Gasteiger partial charge in [0.2, 0.25) is 0 Å². The Hall–Kier alpha value is -2.23. The molecule has 9 heteroatoms. The Morgan fingerprint density at radius 3 is 2.61 bits per heavy atom. The van der Waals surface area contributed by atoms with E-state index in [9.17, 15) is 13.2 Å². The SMILES string of the molecule is FC(F)(F)Cc1cc2c(N3CCCC(N(Cc4ccccc4)C4COC4)CC3)ncnc2s1.